The molecule has 0 spiro atoms. The molecule has 0 unspecified atom stereocenters. The number of aliphatic carboxylic acids is 1. The highest BCUT2D eigenvalue weighted by Crippen LogP contribution is 2.39. The normalized spacial score (nSPS) is 20.2. The van der Waals surface area contributed by atoms with Crippen LogP contribution in [-0.2, 0) is 9.59 Å². The first-order chi connectivity index (χ1) is 11.5. The number of aromatic nitrogens is 2. The summed E-state index contributed by atoms with van der Waals surface area (Å²) in [4.78, 5) is 27.5. The molecule has 0 bridgehead atoms. The maximum absolute atomic E-state index is 12.4. The SMILES string of the molecule is COc1ccccc1[C@H](NC(=O)[C@H]1C[C@H]1C(=O)O)c1noc(C)n1. The quantitative estimate of drug-likeness (QED) is 0.820. The summed E-state index contributed by atoms with van der Waals surface area (Å²) in [5.74, 6) is -1.24. The second-order valence-corrected chi connectivity index (χ2v) is 5.64. The van der Waals surface area contributed by atoms with Gasteiger partial charge in [0.2, 0.25) is 11.8 Å². The van der Waals surface area contributed by atoms with Gasteiger partial charge in [0.05, 0.1) is 18.9 Å². The average Bonchev–Trinajstić information content (AvgIpc) is 3.28. The molecule has 1 aliphatic carbocycles. The summed E-state index contributed by atoms with van der Waals surface area (Å²) in [6.07, 6.45) is 0.338. The summed E-state index contributed by atoms with van der Waals surface area (Å²) < 4.78 is 10.4. The first-order valence-electron chi connectivity index (χ1n) is 7.47. The van der Waals surface area contributed by atoms with Crippen molar-refractivity contribution in [3.63, 3.8) is 0 Å². The van der Waals surface area contributed by atoms with Crippen molar-refractivity contribution in [3.05, 3.63) is 41.5 Å². The number of hydrogen-bond acceptors (Lipinski definition) is 6. The number of aryl methyl sites for hydroxylation is 1. The number of nitrogens with one attached hydrogen (secondary N) is 1. The lowest BCUT2D eigenvalue weighted by molar-refractivity contribution is -0.140. The van der Waals surface area contributed by atoms with Gasteiger partial charge in [0, 0.05) is 12.5 Å². The van der Waals surface area contributed by atoms with Gasteiger partial charge >= 0.3 is 5.97 Å². The van der Waals surface area contributed by atoms with E-state index in [9.17, 15) is 9.59 Å². The standard InChI is InChI=1S/C16H17N3O5/c1-8-17-14(19-24-8)13(9-5-3-4-6-12(9)23-2)18-15(20)10-7-11(10)16(21)22/h3-6,10-11,13H,7H2,1-2H3,(H,18,20)(H,21,22)/t10-,11+,13-/m0/s1. The fraction of sp³-hybridized carbons (Fsp3) is 0.375. The zero-order valence-electron chi connectivity index (χ0n) is 13.2. The Kier molecular flexibility index (Phi) is 4.20. The van der Waals surface area contributed by atoms with Crippen molar-refractivity contribution in [2.24, 2.45) is 11.8 Å². The lowest BCUT2D eigenvalue weighted by atomic mass is 10.0. The van der Waals surface area contributed by atoms with Crippen LogP contribution in [0.4, 0.5) is 0 Å². The van der Waals surface area contributed by atoms with Gasteiger partial charge < -0.3 is 19.7 Å². The van der Waals surface area contributed by atoms with Crippen molar-refractivity contribution in [3.8, 4) is 5.75 Å². The van der Waals surface area contributed by atoms with E-state index in [1.54, 1.807) is 25.1 Å². The van der Waals surface area contributed by atoms with E-state index in [1.165, 1.54) is 7.11 Å². The molecule has 0 saturated heterocycles. The third kappa shape index (κ3) is 3.08. The van der Waals surface area contributed by atoms with Crippen LogP contribution in [0.15, 0.2) is 28.8 Å². The molecule has 2 N–H and O–H groups in total. The van der Waals surface area contributed by atoms with Gasteiger partial charge in [-0.15, -0.1) is 0 Å². The molecular weight excluding hydrogens is 314 g/mol. The first-order valence-corrected chi connectivity index (χ1v) is 7.47. The van der Waals surface area contributed by atoms with Crippen LogP contribution in [0.5, 0.6) is 5.75 Å². The Morgan fingerprint density at radius 2 is 2.12 bits per heavy atom. The summed E-state index contributed by atoms with van der Waals surface area (Å²) in [6.45, 7) is 1.65. The van der Waals surface area contributed by atoms with E-state index in [1.807, 2.05) is 6.07 Å². The minimum absolute atomic E-state index is 0.290. The monoisotopic (exact) mass is 331 g/mol. The number of ether oxygens (including phenoxy) is 1. The van der Waals surface area contributed by atoms with E-state index in [2.05, 4.69) is 15.5 Å². The molecular formula is C16H17N3O5. The van der Waals surface area contributed by atoms with Crippen LogP contribution in [0, 0.1) is 18.8 Å². The Morgan fingerprint density at radius 1 is 1.38 bits per heavy atom. The van der Waals surface area contributed by atoms with Crippen LogP contribution in [0.25, 0.3) is 0 Å². The number of rotatable bonds is 6. The minimum Gasteiger partial charge on any atom is -0.496 e. The number of methoxy groups -OCH3 is 1. The molecule has 1 saturated carbocycles. The Morgan fingerprint density at radius 3 is 2.71 bits per heavy atom. The predicted molar refractivity (Wildman–Crippen MR) is 81.2 cm³/mol. The first kappa shape index (κ1) is 16.0. The molecule has 1 heterocycles. The predicted octanol–water partition coefficient (Wildman–Crippen LogP) is 1.31. The number of carbonyl (C=O) groups is 2. The number of carbonyl (C=O) groups excluding carboxylic acids is 1. The summed E-state index contributed by atoms with van der Waals surface area (Å²) >= 11 is 0. The summed E-state index contributed by atoms with van der Waals surface area (Å²) in [7, 11) is 1.53. The number of benzene rings is 1. The molecule has 1 amide bonds. The zero-order valence-corrected chi connectivity index (χ0v) is 13.2. The number of carboxylic acids is 1. The number of nitrogens with zero attached hydrogens (tertiary/aromatic N) is 2. The van der Waals surface area contributed by atoms with Crippen molar-refractivity contribution >= 4 is 11.9 Å². The van der Waals surface area contributed by atoms with Crippen LogP contribution < -0.4 is 10.1 Å². The van der Waals surface area contributed by atoms with E-state index in [4.69, 9.17) is 14.4 Å². The maximum atomic E-state index is 12.4. The van der Waals surface area contributed by atoms with E-state index in [0.29, 0.717) is 23.6 Å². The third-order valence-electron chi connectivity index (χ3n) is 3.98. The molecule has 1 aromatic heterocycles. The molecule has 1 aliphatic rings. The number of para-hydroxylation sites is 1. The molecule has 2 aromatic rings. The molecule has 126 valence electrons. The number of carboxylic acid groups (broad SMARTS) is 1. The van der Waals surface area contributed by atoms with Crippen molar-refractivity contribution < 1.29 is 24.0 Å². The topological polar surface area (TPSA) is 115 Å². The van der Waals surface area contributed by atoms with Crippen molar-refractivity contribution in [1.29, 1.82) is 0 Å². The van der Waals surface area contributed by atoms with Crippen LogP contribution in [0.2, 0.25) is 0 Å². The molecule has 8 nitrogen and oxygen atoms in total. The van der Waals surface area contributed by atoms with Gasteiger partial charge in [0.15, 0.2) is 5.82 Å². The zero-order chi connectivity index (χ0) is 17.3. The minimum atomic E-state index is -0.959. The van der Waals surface area contributed by atoms with Crippen LogP contribution in [-0.4, -0.2) is 34.2 Å². The van der Waals surface area contributed by atoms with E-state index in [0.717, 1.165) is 0 Å². The molecule has 24 heavy (non-hydrogen) atoms. The highest BCUT2D eigenvalue weighted by molar-refractivity contribution is 5.89. The second kappa shape index (κ2) is 6.31. The third-order valence-corrected chi connectivity index (χ3v) is 3.98. The van der Waals surface area contributed by atoms with Crippen LogP contribution in [0.3, 0.4) is 0 Å². The lowest BCUT2D eigenvalue weighted by Crippen LogP contribution is -2.32. The lowest BCUT2D eigenvalue weighted by Gasteiger charge is -2.18. The van der Waals surface area contributed by atoms with Crippen molar-refractivity contribution in [2.75, 3.05) is 7.11 Å². The van der Waals surface area contributed by atoms with Gasteiger partial charge in [-0.3, -0.25) is 9.59 Å². The molecule has 1 fully saturated rings. The highest BCUT2D eigenvalue weighted by atomic mass is 16.5. The van der Waals surface area contributed by atoms with Gasteiger partial charge in [-0.1, -0.05) is 23.4 Å². The van der Waals surface area contributed by atoms with Gasteiger partial charge in [-0.25, -0.2) is 0 Å². The Labute approximate surface area is 137 Å². The summed E-state index contributed by atoms with van der Waals surface area (Å²) in [5.41, 5.74) is 0.668. The van der Waals surface area contributed by atoms with Crippen LogP contribution >= 0.6 is 0 Å². The maximum Gasteiger partial charge on any atom is 0.307 e. The number of hydrogen-bond donors (Lipinski definition) is 2. The van der Waals surface area contributed by atoms with Crippen molar-refractivity contribution in [1.82, 2.24) is 15.5 Å². The highest BCUT2D eigenvalue weighted by Gasteiger charge is 2.49. The number of amides is 1. The average molecular weight is 331 g/mol. The molecule has 3 atom stereocenters. The Balaban J connectivity index is 1.89. The van der Waals surface area contributed by atoms with Crippen LogP contribution in [0.1, 0.15) is 29.7 Å². The van der Waals surface area contributed by atoms with Gasteiger partial charge in [-0.2, -0.15) is 4.98 Å². The fourth-order valence-electron chi connectivity index (χ4n) is 2.63. The van der Waals surface area contributed by atoms with E-state index < -0.39 is 23.8 Å². The molecule has 0 aliphatic heterocycles. The summed E-state index contributed by atoms with van der Waals surface area (Å²) in [6, 6.07) is 6.49. The summed E-state index contributed by atoms with van der Waals surface area (Å²) in [5, 5.41) is 15.7. The van der Waals surface area contributed by atoms with E-state index >= 15 is 0 Å². The Hall–Kier alpha value is -2.90. The molecule has 0 radical (unpaired) electrons. The second-order valence-electron chi connectivity index (χ2n) is 5.64. The smallest absolute Gasteiger partial charge is 0.307 e. The molecule has 8 heteroatoms. The Bertz CT molecular complexity index is 773. The van der Waals surface area contributed by atoms with E-state index in [-0.39, 0.29) is 11.7 Å². The molecule has 3 rings (SSSR count). The van der Waals surface area contributed by atoms with Gasteiger partial charge in [0.25, 0.3) is 0 Å². The fourth-order valence-corrected chi connectivity index (χ4v) is 2.63. The molecule has 1 aromatic carbocycles. The van der Waals surface area contributed by atoms with Gasteiger partial charge in [-0.05, 0) is 12.5 Å². The van der Waals surface area contributed by atoms with Gasteiger partial charge in [0.1, 0.15) is 11.8 Å². The largest absolute Gasteiger partial charge is 0.496 e. The van der Waals surface area contributed by atoms with Crippen molar-refractivity contribution in [2.45, 2.75) is 19.4 Å².